The Balaban J connectivity index is 1.77. The summed E-state index contributed by atoms with van der Waals surface area (Å²) in [5.74, 6) is 0. The highest BCUT2D eigenvalue weighted by Gasteiger charge is 2.55. The normalized spacial score (nSPS) is 32.6. The maximum Gasteiger partial charge on any atom is 0.0704 e. The van der Waals surface area contributed by atoms with Crippen LogP contribution in [0.4, 0.5) is 0 Å². The average Bonchev–Trinajstić information content (AvgIpc) is 2.34. The topological polar surface area (TPSA) is 38.7 Å². The van der Waals surface area contributed by atoms with Crippen LogP contribution in [-0.4, -0.2) is 37.1 Å². The number of ether oxygens (including phenoxy) is 2. The number of aliphatic hydroxyl groups is 1. The fourth-order valence-corrected chi connectivity index (χ4v) is 3.22. The molecule has 2 aliphatic rings. The highest BCUT2D eigenvalue weighted by molar-refractivity contribution is 5.05. The summed E-state index contributed by atoms with van der Waals surface area (Å²) in [5.41, 5.74) is 0.102. The molecule has 94 valence electrons. The molecule has 0 amide bonds. The van der Waals surface area contributed by atoms with Crippen molar-refractivity contribution in [3.63, 3.8) is 0 Å². The van der Waals surface area contributed by atoms with Gasteiger partial charge in [-0.05, 0) is 19.8 Å². The summed E-state index contributed by atoms with van der Waals surface area (Å²) in [6.45, 7) is 4.10. The molecule has 1 spiro atoms. The van der Waals surface area contributed by atoms with E-state index in [2.05, 4.69) is 0 Å². The van der Waals surface area contributed by atoms with Crippen molar-refractivity contribution in [1.82, 2.24) is 0 Å². The van der Waals surface area contributed by atoms with Crippen LogP contribution >= 0.6 is 0 Å². The number of rotatable bonds is 5. The first-order chi connectivity index (χ1) is 7.79. The third-order valence-corrected chi connectivity index (χ3v) is 4.28. The molecule has 2 saturated carbocycles. The Labute approximate surface area is 98.1 Å². The van der Waals surface area contributed by atoms with Gasteiger partial charge in [0.2, 0.25) is 0 Å². The van der Waals surface area contributed by atoms with Crippen molar-refractivity contribution in [3.05, 3.63) is 0 Å². The van der Waals surface area contributed by atoms with Crippen LogP contribution in [0.15, 0.2) is 0 Å². The van der Waals surface area contributed by atoms with Crippen molar-refractivity contribution in [2.45, 2.75) is 57.7 Å². The molecule has 16 heavy (non-hydrogen) atoms. The number of aliphatic hydroxyl groups excluding tert-OH is 1. The molecule has 0 aromatic carbocycles. The first-order valence-corrected chi connectivity index (χ1v) is 6.67. The zero-order valence-electron chi connectivity index (χ0n) is 10.3. The maximum absolute atomic E-state index is 9.99. The van der Waals surface area contributed by atoms with E-state index in [-0.39, 0.29) is 17.6 Å². The zero-order valence-corrected chi connectivity index (χ0v) is 10.3. The molecule has 0 aromatic heterocycles. The molecule has 0 aromatic rings. The van der Waals surface area contributed by atoms with Crippen LogP contribution in [0.25, 0.3) is 0 Å². The van der Waals surface area contributed by atoms with Crippen molar-refractivity contribution in [3.8, 4) is 0 Å². The maximum atomic E-state index is 9.99. The van der Waals surface area contributed by atoms with E-state index in [1.807, 2.05) is 6.92 Å². The van der Waals surface area contributed by atoms with E-state index < -0.39 is 0 Å². The molecule has 2 atom stereocenters. The SMILES string of the molecule is CCOCCOC1CC(O)C12CCCCC2. The van der Waals surface area contributed by atoms with Crippen LogP contribution in [0.3, 0.4) is 0 Å². The van der Waals surface area contributed by atoms with E-state index in [1.54, 1.807) is 0 Å². The molecule has 3 heteroatoms. The fraction of sp³-hybridized carbons (Fsp3) is 1.00. The summed E-state index contributed by atoms with van der Waals surface area (Å²) >= 11 is 0. The Morgan fingerprint density at radius 2 is 1.94 bits per heavy atom. The summed E-state index contributed by atoms with van der Waals surface area (Å²) in [5, 5.41) is 9.99. The third kappa shape index (κ3) is 2.27. The van der Waals surface area contributed by atoms with Gasteiger partial charge in [-0.1, -0.05) is 19.3 Å². The molecular formula is C13H24O3. The van der Waals surface area contributed by atoms with Gasteiger partial charge in [0, 0.05) is 18.4 Å². The van der Waals surface area contributed by atoms with Crippen LogP contribution in [0.1, 0.15) is 45.4 Å². The molecule has 2 unspecified atom stereocenters. The Morgan fingerprint density at radius 1 is 1.19 bits per heavy atom. The van der Waals surface area contributed by atoms with Crippen molar-refractivity contribution in [1.29, 1.82) is 0 Å². The quantitative estimate of drug-likeness (QED) is 0.733. The Kier molecular flexibility index (Phi) is 4.22. The summed E-state index contributed by atoms with van der Waals surface area (Å²) in [4.78, 5) is 0. The van der Waals surface area contributed by atoms with Gasteiger partial charge in [0.05, 0.1) is 25.4 Å². The first-order valence-electron chi connectivity index (χ1n) is 6.67. The molecule has 0 radical (unpaired) electrons. The lowest BCUT2D eigenvalue weighted by atomic mass is 9.56. The minimum Gasteiger partial charge on any atom is -0.392 e. The molecular weight excluding hydrogens is 204 g/mol. The molecule has 2 aliphatic carbocycles. The third-order valence-electron chi connectivity index (χ3n) is 4.28. The Hall–Kier alpha value is -0.120. The predicted octanol–water partition coefficient (Wildman–Crippen LogP) is 2.12. The largest absolute Gasteiger partial charge is 0.392 e. The lowest BCUT2D eigenvalue weighted by molar-refractivity contribution is -0.209. The van der Waals surface area contributed by atoms with Gasteiger partial charge in [0.15, 0.2) is 0 Å². The van der Waals surface area contributed by atoms with Crippen LogP contribution in [0, 0.1) is 5.41 Å². The minimum absolute atomic E-state index is 0.102. The van der Waals surface area contributed by atoms with E-state index in [0.29, 0.717) is 13.2 Å². The first kappa shape index (κ1) is 12.3. The lowest BCUT2D eigenvalue weighted by Gasteiger charge is -2.55. The van der Waals surface area contributed by atoms with Crippen LogP contribution < -0.4 is 0 Å². The summed E-state index contributed by atoms with van der Waals surface area (Å²) in [6.07, 6.45) is 7.10. The number of hydrogen-bond acceptors (Lipinski definition) is 3. The molecule has 2 fully saturated rings. The lowest BCUT2D eigenvalue weighted by Crippen LogP contribution is -2.59. The van der Waals surface area contributed by atoms with Gasteiger partial charge in [-0.15, -0.1) is 0 Å². The van der Waals surface area contributed by atoms with E-state index in [0.717, 1.165) is 25.9 Å². The Morgan fingerprint density at radius 3 is 2.56 bits per heavy atom. The van der Waals surface area contributed by atoms with Gasteiger partial charge >= 0.3 is 0 Å². The van der Waals surface area contributed by atoms with Crippen molar-refractivity contribution in [2.75, 3.05) is 19.8 Å². The van der Waals surface area contributed by atoms with Gasteiger partial charge < -0.3 is 14.6 Å². The second-order valence-corrected chi connectivity index (χ2v) is 5.10. The van der Waals surface area contributed by atoms with E-state index in [1.165, 1.54) is 19.3 Å². The summed E-state index contributed by atoms with van der Waals surface area (Å²) < 4.78 is 11.1. The van der Waals surface area contributed by atoms with Crippen LogP contribution in [-0.2, 0) is 9.47 Å². The smallest absolute Gasteiger partial charge is 0.0704 e. The molecule has 1 N–H and O–H groups in total. The van der Waals surface area contributed by atoms with Crippen LogP contribution in [0.5, 0.6) is 0 Å². The standard InChI is InChI=1S/C13H24O3/c1-2-15-8-9-16-12-10-11(14)13(12)6-4-3-5-7-13/h11-12,14H,2-10H2,1H3. The average molecular weight is 228 g/mol. The van der Waals surface area contributed by atoms with Gasteiger partial charge in [-0.2, -0.15) is 0 Å². The summed E-state index contributed by atoms with van der Waals surface area (Å²) in [7, 11) is 0. The van der Waals surface area contributed by atoms with Crippen molar-refractivity contribution >= 4 is 0 Å². The van der Waals surface area contributed by atoms with E-state index >= 15 is 0 Å². The van der Waals surface area contributed by atoms with Gasteiger partial charge in [-0.3, -0.25) is 0 Å². The van der Waals surface area contributed by atoms with Gasteiger partial charge in [-0.25, -0.2) is 0 Å². The fourth-order valence-electron chi connectivity index (χ4n) is 3.22. The molecule has 0 aliphatic heterocycles. The van der Waals surface area contributed by atoms with Crippen LogP contribution in [0.2, 0.25) is 0 Å². The Bertz CT molecular complexity index is 211. The number of hydrogen-bond donors (Lipinski definition) is 1. The van der Waals surface area contributed by atoms with Crippen molar-refractivity contribution in [2.24, 2.45) is 5.41 Å². The molecule has 0 saturated heterocycles. The highest BCUT2D eigenvalue weighted by atomic mass is 16.5. The minimum atomic E-state index is -0.120. The van der Waals surface area contributed by atoms with E-state index in [9.17, 15) is 5.11 Å². The monoisotopic (exact) mass is 228 g/mol. The zero-order chi connectivity index (χ0) is 11.4. The molecule has 0 heterocycles. The second kappa shape index (κ2) is 5.48. The van der Waals surface area contributed by atoms with Gasteiger partial charge in [0.25, 0.3) is 0 Å². The van der Waals surface area contributed by atoms with Crippen molar-refractivity contribution < 1.29 is 14.6 Å². The second-order valence-electron chi connectivity index (χ2n) is 5.10. The molecule has 3 nitrogen and oxygen atoms in total. The molecule has 0 bridgehead atoms. The van der Waals surface area contributed by atoms with E-state index in [4.69, 9.17) is 9.47 Å². The van der Waals surface area contributed by atoms with Gasteiger partial charge in [0.1, 0.15) is 0 Å². The molecule has 2 rings (SSSR count). The summed E-state index contributed by atoms with van der Waals surface area (Å²) in [6, 6.07) is 0. The highest BCUT2D eigenvalue weighted by Crippen LogP contribution is 2.53. The predicted molar refractivity (Wildman–Crippen MR) is 62.4 cm³/mol.